The van der Waals surface area contributed by atoms with E-state index in [0.717, 1.165) is 10.6 Å². The van der Waals surface area contributed by atoms with Crippen molar-refractivity contribution in [2.24, 2.45) is 0 Å². The Labute approximate surface area is 79.2 Å². The van der Waals surface area contributed by atoms with Gasteiger partial charge in [-0.25, -0.2) is 0 Å². The van der Waals surface area contributed by atoms with E-state index in [4.69, 9.17) is 9.78 Å². The van der Waals surface area contributed by atoms with Crippen LogP contribution < -0.4 is 0 Å². The molecule has 0 aliphatic rings. The Bertz CT molecular complexity index is 425. The lowest BCUT2D eigenvalue weighted by molar-refractivity contribution is 0.426. The standard InChI is InChI=1S/C9H6N2OS/c10-4-3-7-6-8(12-11-7)9-2-1-5-13-9/h1-2,5-6H,3H2. The number of hydrogen-bond acceptors (Lipinski definition) is 4. The summed E-state index contributed by atoms with van der Waals surface area (Å²) in [6, 6.07) is 7.73. The monoisotopic (exact) mass is 190 g/mol. The first-order valence-corrected chi connectivity index (χ1v) is 4.64. The Morgan fingerprint density at radius 2 is 2.54 bits per heavy atom. The number of aromatic nitrogens is 1. The van der Waals surface area contributed by atoms with Gasteiger partial charge in [0, 0.05) is 6.07 Å². The quantitative estimate of drug-likeness (QED) is 0.730. The SMILES string of the molecule is N#CCc1cc(-c2cccs2)on1. The van der Waals surface area contributed by atoms with Crippen LogP contribution in [-0.4, -0.2) is 5.16 Å². The van der Waals surface area contributed by atoms with Gasteiger partial charge in [0.2, 0.25) is 0 Å². The molecule has 0 saturated heterocycles. The molecule has 0 bridgehead atoms. The molecule has 3 nitrogen and oxygen atoms in total. The van der Waals surface area contributed by atoms with Gasteiger partial charge in [-0.05, 0) is 11.4 Å². The van der Waals surface area contributed by atoms with Crippen molar-refractivity contribution >= 4 is 11.3 Å². The largest absolute Gasteiger partial charge is 0.355 e. The molecule has 0 radical (unpaired) electrons. The van der Waals surface area contributed by atoms with Crippen LogP contribution in [0.1, 0.15) is 5.69 Å². The summed E-state index contributed by atoms with van der Waals surface area (Å²) in [5, 5.41) is 14.2. The Kier molecular flexibility index (Phi) is 2.11. The number of nitriles is 1. The molecular weight excluding hydrogens is 184 g/mol. The lowest BCUT2D eigenvalue weighted by atomic mass is 10.3. The molecule has 0 atom stereocenters. The van der Waals surface area contributed by atoms with E-state index >= 15 is 0 Å². The third-order valence-electron chi connectivity index (χ3n) is 1.58. The van der Waals surface area contributed by atoms with E-state index in [-0.39, 0.29) is 0 Å². The van der Waals surface area contributed by atoms with Crippen LogP contribution in [0.2, 0.25) is 0 Å². The van der Waals surface area contributed by atoms with Gasteiger partial charge in [0.05, 0.1) is 23.1 Å². The molecule has 2 aromatic rings. The summed E-state index contributed by atoms with van der Waals surface area (Å²) in [4.78, 5) is 1.04. The van der Waals surface area contributed by atoms with E-state index in [1.807, 2.05) is 23.6 Å². The fourth-order valence-electron chi connectivity index (χ4n) is 1.01. The zero-order valence-electron chi connectivity index (χ0n) is 6.73. The first-order valence-electron chi connectivity index (χ1n) is 3.76. The zero-order chi connectivity index (χ0) is 9.10. The second-order valence-corrected chi connectivity index (χ2v) is 3.44. The fourth-order valence-corrected chi connectivity index (χ4v) is 1.68. The summed E-state index contributed by atoms with van der Waals surface area (Å²) in [5.74, 6) is 0.736. The molecule has 2 heterocycles. The van der Waals surface area contributed by atoms with E-state index in [0.29, 0.717) is 12.1 Å². The van der Waals surface area contributed by atoms with Crippen LogP contribution in [0.3, 0.4) is 0 Å². The van der Waals surface area contributed by atoms with Crippen LogP contribution in [-0.2, 0) is 6.42 Å². The van der Waals surface area contributed by atoms with Crippen molar-refractivity contribution in [2.45, 2.75) is 6.42 Å². The minimum absolute atomic E-state index is 0.300. The minimum Gasteiger partial charge on any atom is -0.355 e. The number of thiophene rings is 1. The lowest BCUT2D eigenvalue weighted by Gasteiger charge is -1.82. The Hall–Kier alpha value is -1.60. The van der Waals surface area contributed by atoms with E-state index in [2.05, 4.69) is 5.16 Å². The number of nitrogens with zero attached hydrogens (tertiary/aromatic N) is 2. The molecule has 0 aliphatic heterocycles. The van der Waals surface area contributed by atoms with E-state index in [1.165, 1.54) is 0 Å². The molecule has 0 fully saturated rings. The highest BCUT2D eigenvalue weighted by Crippen LogP contribution is 2.24. The topological polar surface area (TPSA) is 49.8 Å². The fraction of sp³-hybridized carbons (Fsp3) is 0.111. The number of rotatable bonds is 2. The zero-order valence-corrected chi connectivity index (χ0v) is 7.54. The molecular formula is C9H6N2OS. The van der Waals surface area contributed by atoms with Gasteiger partial charge in [-0.15, -0.1) is 11.3 Å². The molecule has 0 amide bonds. The summed E-state index contributed by atoms with van der Waals surface area (Å²) in [5.41, 5.74) is 0.686. The van der Waals surface area contributed by atoms with Crippen LogP contribution in [0, 0.1) is 11.3 Å². The Morgan fingerprint density at radius 1 is 1.62 bits per heavy atom. The van der Waals surface area contributed by atoms with E-state index in [9.17, 15) is 0 Å². The second-order valence-electron chi connectivity index (χ2n) is 2.49. The van der Waals surface area contributed by atoms with Gasteiger partial charge in [-0.2, -0.15) is 5.26 Å². The van der Waals surface area contributed by atoms with Gasteiger partial charge < -0.3 is 4.52 Å². The highest BCUT2D eigenvalue weighted by molar-refractivity contribution is 7.13. The molecule has 13 heavy (non-hydrogen) atoms. The third kappa shape index (κ3) is 1.60. The van der Waals surface area contributed by atoms with Crippen LogP contribution in [0.4, 0.5) is 0 Å². The maximum absolute atomic E-state index is 8.43. The van der Waals surface area contributed by atoms with Crippen molar-refractivity contribution < 1.29 is 4.52 Å². The first kappa shape index (κ1) is 8.02. The lowest BCUT2D eigenvalue weighted by Crippen LogP contribution is -1.76. The minimum atomic E-state index is 0.300. The Morgan fingerprint density at radius 3 is 3.23 bits per heavy atom. The molecule has 0 aliphatic carbocycles. The molecule has 0 saturated carbocycles. The third-order valence-corrected chi connectivity index (χ3v) is 2.47. The summed E-state index contributed by atoms with van der Waals surface area (Å²) >= 11 is 1.59. The van der Waals surface area contributed by atoms with Crippen LogP contribution >= 0.6 is 11.3 Å². The van der Waals surface area contributed by atoms with Gasteiger partial charge in [0.15, 0.2) is 5.76 Å². The highest BCUT2D eigenvalue weighted by Gasteiger charge is 2.06. The van der Waals surface area contributed by atoms with Crippen molar-refractivity contribution in [1.82, 2.24) is 5.16 Å². The maximum atomic E-state index is 8.43. The molecule has 0 N–H and O–H groups in total. The maximum Gasteiger partial charge on any atom is 0.177 e. The average molecular weight is 190 g/mol. The molecule has 64 valence electrons. The summed E-state index contributed by atoms with van der Waals surface area (Å²) in [6.07, 6.45) is 0.300. The van der Waals surface area contributed by atoms with Crippen LogP contribution in [0.25, 0.3) is 10.6 Å². The number of hydrogen-bond donors (Lipinski definition) is 0. The summed E-state index contributed by atoms with van der Waals surface area (Å²) in [7, 11) is 0. The molecule has 0 unspecified atom stereocenters. The molecule has 2 aromatic heterocycles. The molecule has 4 heteroatoms. The van der Waals surface area contributed by atoms with Gasteiger partial charge in [-0.3, -0.25) is 0 Å². The summed E-state index contributed by atoms with van der Waals surface area (Å²) < 4.78 is 5.07. The predicted octanol–water partition coefficient (Wildman–Crippen LogP) is 2.47. The molecule has 0 spiro atoms. The highest BCUT2D eigenvalue weighted by atomic mass is 32.1. The van der Waals surface area contributed by atoms with Gasteiger partial charge in [0.1, 0.15) is 0 Å². The average Bonchev–Trinajstić information content (AvgIpc) is 2.70. The van der Waals surface area contributed by atoms with Crippen LogP contribution in [0.5, 0.6) is 0 Å². The van der Waals surface area contributed by atoms with Crippen LogP contribution in [0.15, 0.2) is 28.1 Å². The predicted molar refractivity (Wildman–Crippen MR) is 49.1 cm³/mol. The summed E-state index contributed by atoms with van der Waals surface area (Å²) in [6.45, 7) is 0. The first-order chi connectivity index (χ1) is 6.40. The van der Waals surface area contributed by atoms with Gasteiger partial charge >= 0.3 is 0 Å². The van der Waals surface area contributed by atoms with E-state index < -0.39 is 0 Å². The van der Waals surface area contributed by atoms with Gasteiger partial charge in [-0.1, -0.05) is 11.2 Å². The molecule has 0 aromatic carbocycles. The van der Waals surface area contributed by atoms with Crippen molar-refractivity contribution in [1.29, 1.82) is 5.26 Å². The van der Waals surface area contributed by atoms with Gasteiger partial charge in [0.25, 0.3) is 0 Å². The molecule has 2 rings (SSSR count). The Balaban J connectivity index is 2.29. The van der Waals surface area contributed by atoms with Crippen molar-refractivity contribution in [3.8, 4) is 16.7 Å². The normalized spacial score (nSPS) is 9.77. The van der Waals surface area contributed by atoms with E-state index in [1.54, 1.807) is 17.4 Å². The second kappa shape index (κ2) is 3.42. The smallest absolute Gasteiger partial charge is 0.177 e. The van der Waals surface area contributed by atoms with Crippen molar-refractivity contribution in [2.75, 3.05) is 0 Å². The van der Waals surface area contributed by atoms with Crippen molar-refractivity contribution in [3.05, 3.63) is 29.3 Å². The van der Waals surface area contributed by atoms with Crippen molar-refractivity contribution in [3.63, 3.8) is 0 Å².